The topological polar surface area (TPSA) is 75.7 Å². The number of hydrogen-bond acceptors (Lipinski definition) is 4. The van der Waals surface area contributed by atoms with E-state index in [-0.39, 0.29) is 22.9 Å². The molecule has 1 amide bonds. The van der Waals surface area contributed by atoms with Gasteiger partial charge in [0.1, 0.15) is 16.5 Å². The second kappa shape index (κ2) is 10.9. The number of anilines is 1. The fourth-order valence-corrected chi connectivity index (χ4v) is 5.22. The molecule has 0 unspecified atom stereocenters. The number of ether oxygens (including phenoxy) is 1. The zero-order valence-corrected chi connectivity index (χ0v) is 20.6. The molecule has 0 aliphatic heterocycles. The fraction of sp³-hybridized carbons (Fsp3) is 0.208. The molecule has 1 N–H and O–H groups in total. The molecular weight excluding hydrogens is 511 g/mol. The van der Waals surface area contributed by atoms with Crippen molar-refractivity contribution in [1.29, 1.82) is 0 Å². The van der Waals surface area contributed by atoms with E-state index in [4.69, 9.17) is 4.74 Å². The van der Waals surface area contributed by atoms with Gasteiger partial charge in [0.05, 0.1) is 19.3 Å². The zero-order chi connectivity index (χ0) is 24.0. The van der Waals surface area contributed by atoms with Crippen molar-refractivity contribution in [3.05, 3.63) is 88.1 Å². The third-order valence-electron chi connectivity index (χ3n) is 4.95. The molecule has 0 atom stereocenters. The van der Waals surface area contributed by atoms with Crippen LogP contribution in [0.1, 0.15) is 11.1 Å². The highest BCUT2D eigenvalue weighted by atomic mass is 79.9. The molecule has 3 aromatic rings. The number of nitrogens with zero attached hydrogens (tertiary/aromatic N) is 1. The molecule has 0 fully saturated rings. The summed E-state index contributed by atoms with van der Waals surface area (Å²) in [5.41, 5.74) is 1.63. The first-order valence-electron chi connectivity index (χ1n) is 10.1. The number of carbonyl (C=O) groups is 1. The first-order chi connectivity index (χ1) is 15.7. The Morgan fingerprint density at radius 3 is 2.48 bits per heavy atom. The van der Waals surface area contributed by atoms with Crippen LogP contribution in [0.25, 0.3) is 0 Å². The summed E-state index contributed by atoms with van der Waals surface area (Å²) in [4.78, 5) is 12.7. The quantitative estimate of drug-likeness (QED) is 0.428. The minimum absolute atomic E-state index is 0.0271. The van der Waals surface area contributed by atoms with Gasteiger partial charge in [-0.15, -0.1) is 0 Å². The summed E-state index contributed by atoms with van der Waals surface area (Å²) >= 11 is 3.16. The molecule has 0 spiro atoms. The van der Waals surface area contributed by atoms with Gasteiger partial charge in [0.2, 0.25) is 15.9 Å². The maximum absolute atomic E-state index is 14.2. The Morgan fingerprint density at radius 2 is 1.82 bits per heavy atom. The van der Waals surface area contributed by atoms with E-state index in [1.54, 1.807) is 25.1 Å². The Bertz CT molecular complexity index is 1240. The monoisotopic (exact) mass is 534 g/mol. The SMILES string of the molecule is COc1ccc(C)cc1S(=O)(=O)N(CCc1ccccc1)CC(=O)Nc1ccc(Br)cc1F. The summed E-state index contributed by atoms with van der Waals surface area (Å²) in [7, 11) is -2.70. The average Bonchev–Trinajstić information content (AvgIpc) is 2.79. The van der Waals surface area contributed by atoms with Crippen molar-refractivity contribution < 1.29 is 22.3 Å². The second-order valence-corrected chi connectivity index (χ2v) is 10.2. The van der Waals surface area contributed by atoms with Gasteiger partial charge in [-0.1, -0.05) is 52.3 Å². The molecule has 3 rings (SSSR count). The molecule has 0 aliphatic carbocycles. The predicted octanol–water partition coefficient (Wildman–Crippen LogP) is 4.78. The first kappa shape index (κ1) is 24.9. The van der Waals surface area contributed by atoms with Crippen LogP contribution in [0.2, 0.25) is 0 Å². The van der Waals surface area contributed by atoms with Crippen LogP contribution >= 0.6 is 15.9 Å². The number of halogens is 2. The number of hydrogen-bond donors (Lipinski definition) is 1. The number of rotatable bonds is 9. The van der Waals surface area contributed by atoms with E-state index in [9.17, 15) is 17.6 Å². The van der Waals surface area contributed by atoms with Gasteiger partial charge in [-0.3, -0.25) is 4.79 Å². The predicted molar refractivity (Wildman–Crippen MR) is 129 cm³/mol. The fourth-order valence-electron chi connectivity index (χ4n) is 3.25. The Labute approximate surface area is 201 Å². The third-order valence-corrected chi connectivity index (χ3v) is 7.31. The third kappa shape index (κ3) is 6.40. The number of sulfonamides is 1. The summed E-state index contributed by atoms with van der Waals surface area (Å²) in [6.45, 7) is 1.34. The van der Waals surface area contributed by atoms with Gasteiger partial charge in [-0.05, 0) is 54.8 Å². The standard InChI is InChI=1S/C24H24BrFN2O4S/c1-17-8-11-22(32-2)23(14-17)33(30,31)28(13-12-18-6-4-3-5-7-18)16-24(29)27-21-10-9-19(25)15-20(21)26/h3-11,14-15H,12-13,16H2,1-2H3,(H,27,29). The minimum Gasteiger partial charge on any atom is -0.495 e. The highest BCUT2D eigenvalue weighted by Gasteiger charge is 2.29. The number of carbonyl (C=O) groups excluding carboxylic acids is 1. The van der Waals surface area contributed by atoms with Gasteiger partial charge in [-0.2, -0.15) is 4.31 Å². The molecule has 0 aliphatic rings. The van der Waals surface area contributed by atoms with Crippen molar-refractivity contribution in [3.8, 4) is 5.75 Å². The first-order valence-corrected chi connectivity index (χ1v) is 12.4. The van der Waals surface area contributed by atoms with Gasteiger partial charge in [0, 0.05) is 11.0 Å². The summed E-state index contributed by atoms with van der Waals surface area (Å²) in [5.74, 6) is -1.10. The number of aryl methyl sites for hydroxylation is 1. The van der Waals surface area contributed by atoms with Gasteiger partial charge in [0.15, 0.2) is 0 Å². The molecule has 3 aromatic carbocycles. The molecule has 0 saturated carbocycles. The molecule has 0 bridgehead atoms. The average molecular weight is 535 g/mol. The summed E-state index contributed by atoms with van der Waals surface area (Å²) in [6.07, 6.45) is 0.397. The number of nitrogens with one attached hydrogen (secondary N) is 1. The van der Waals surface area contributed by atoms with Gasteiger partial charge < -0.3 is 10.1 Å². The van der Waals surface area contributed by atoms with E-state index < -0.39 is 28.3 Å². The van der Waals surface area contributed by atoms with Gasteiger partial charge in [0.25, 0.3) is 0 Å². The summed E-state index contributed by atoms with van der Waals surface area (Å²) < 4.78 is 48.2. The van der Waals surface area contributed by atoms with Crippen molar-refractivity contribution in [2.45, 2.75) is 18.2 Å². The lowest BCUT2D eigenvalue weighted by Crippen LogP contribution is -2.39. The van der Waals surface area contributed by atoms with E-state index in [0.29, 0.717) is 10.9 Å². The van der Waals surface area contributed by atoms with Crippen LogP contribution in [0.15, 0.2) is 76.1 Å². The number of methoxy groups -OCH3 is 1. The molecule has 0 saturated heterocycles. The van der Waals surface area contributed by atoms with Crippen molar-refractivity contribution in [3.63, 3.8) is 0 Å². The van der Waals surface area contributed by atoms with E-state index in [1.807, 2.05) is 30.3 Å². The van der Waals surface area contributed by atoms with Crippen LogP contribution in [0.5, 0.6) is 5.75 Å². The number of benzene rings is 3. The zero-order valence-electron chi connectivity index (χ0n) is 18.2. The highest BCUT2D eigenvalue weighted by molar-refractivity contribution is 9.10. The van der Waals surface area contributed by atoms with Crippen LogP contribution in [-0.2, 0) is 21.2 Å². The van der Waals surface area contributed by atoms with E-state index in [0.717, 1.165) is 15.4 Å². The smallest absolute Gasteiger partial charge is 0.247 e. The van der Waals surface area contributed by atoms with Crippen LogP contribution < -0.4 is 10.1 Å². The largest absolute Gasteiger partial charge is 0.495 e. The lowest BCUT2D eigenvalue weighted by atomic mass is 10.1. The minimum atomic E-state index is -4.09. The highest BCUT2D eigenvalue weighted by Crippen LogP contribution is 2.28. The summed E-state index contributed by atoms with van der Waals surface area (Å²) in [6, 6.07) is 18.4. The Morgan fingerprint density at radius 1 is 1.09 bits per heavy atom. The van der Waals surface area contributed by atoms with Crippen molar-refractivity contribution >= 4 is 37.5 Å². The van der Waals surface area contributed by atoms with E-state index >= 15 is 0 Å². The molecule has 0 radical (unpaired) electrons. The molecule has 33 heavy (non-hydrogen) atoms. The molecule has 9 heteroatoms. The number of amides is 1. The van der Waals surface area contributed by atoms with Crippen molar-refractivity contribution in [2.75, 3.05) is 25.5 Å². The van der Waals surface area contributed by atoms with E-state index in [2.05, 4.69) is 21.2 Å². The van der Waals surface area contributed by atoms with Crippen LogP contribution in [0.3, 0.4) is 0 Å². The van der Waals surface area contributed by atoms with Gasteiger partial charge >= 0.3 is 0 Å². The molecule has 6 nitrogen and oxygen atoms in total. The van der Waals surface area contributed by atoms with Crippen LogP contribution in [0.4, 0.5) is 10.1 Å². The molecular formula is C24H24BrFN2O4S. The van der Waals surface area contributed by atoms with Gasteiger partial charge in [-0.25, -0.2) is 12.8 Å². The Balaban J connectivity index is 1.90. The van der Waals surface area contributed by atoms with Crippen molar-refractivity contribution in [2.24, 2.45) is 0 Å². The van der Waals surface area contributed by atoms with Crippen molar-refractivity contribution in [1.82, 2.24) is 4.31 Å². The van der Waals surface area contributed by atoms with E-state index in [1.165, 1.54) is 25.3 Å². The Kier molecular flexibility index (Phi) is 8.23. The van der Waals surface area contributed by atoms with Crippen LogP contribution in [-0.4, -0.2) is 38.8 Å². The molecule has 0 heterocycles. The normalized spacial score (nSPS) is 11.4. The molecule has 174 valence electrons. The van der Waals surface area contributed by atoms with Crippen LogP contribution in [0, 0.1) is 12.7 Å². The molecule has 0 aromatic heterocycles. The summed E-state index contributed by atoms with van der Waals surface area (Å²) in [5, 5.41) is 2.46. The maximum Gasteiger partial charge on any atom is 0.247 e. The Hall–Kier alpha value is -2.75. The lowest BCUT2D eigenvalue weighted by molar-refractivity contribution is -0.116. The second-order valence-electron chi connectivity index (χ2n) is 7.40. The lowest BCUT2D eigenvalue weighted by Gasteiger charge is -2.23. The maximum atomic E-state index is 14.2.